The predicted molar refractivity (Wildman–Crippen MR) is 61.8 cm³/mol. The lowest BCUT2D eigenvalue weighted by molar-refractivity contribution is 0.105. The Morgan fingerprint density at radius 2 is 1.94 bits per heavy atom. The summed E-state index contributed by atoms with van der Waals surface area (Å²) in [6, 6.07) is 7.07. The average Bonchev–Trinajstić information content (AvgIpc) is 2.20. The summed E-state index contributed by atoms with van der Waals surface area (Å²) < 4.78 is 29.3. The van der Waals surface area contributed by atoms with Crippen molar-refractivity contribution < 1.29 is 12.6 Å². The highest BCUT2D eigenvalue weighted by Gasteiger charge is 2.36. The maximum absolute atomic E-state index is 12.0. The van der Waals surface area contributed by atoms with Crippen molar-refractivity contribution in [2.24, 2.45) is 0 Å². The van der Waals surface area contributed by atoms with Crippen molar-refractivity contribution in [1.82, 2.24) is 0 Å². The van der Waals surface area contributed by atoms with Crippen molar-refractivity contribution in [3.8, 4) is 0 Å². The maximum atomic E-state index is 12.0. The number of rotatable bonds is 0. The highest BCUT2D eigenvalue weighted by Crippen LogP contribution is 2.38. The van der Waals surface area contributed by atoms with E-state index in [1.807, 2.05) is 32.9 Å². The first kappa shape index (κ1) is 11.6. The van der Waals surface area contributed by atoms with Crippen molar-refractivity contribution >= 4 is 10.1 Å². The maximum Gasteiger partial charge on any atom is 0.297 e. The van der Waals surface area contributed by atoms with Crippen molar-refractivity contribution in [3.05, 3.63) is 29.8 Å². The monoisotopic (exact) mass is 240 g/mol. The number of fused-ring (bicyclic) bond motifs is 1. The van der Waals surface area contributed by atoms with Gasteiger partial charge in [0.2, 0.25) is 0 Å². The van der Waals surface area contributed by atoms with Gasteiger partial charge in [-0.25, -0.2) is 0 Å². The first-order valence-electron chi connectivity index (χ1n) is 5.36. The molecule has 0 amide bonds. The van der Waals surface area contributed by atoms with Crippen LogP contribution < -0.4 is 0 Å². The van der Waals surface area contributed by atoms with Crippen LogP contribution in [0.3, 0.4) is 0 Å². The zero-order chi connectivity index (χ0) is 12.0. The van der Waals surface area contributed by atoms with E-state index in [4.69, 9.17) is 4.18 Å². The van der Waals surface area contributed by atoms with E-state index in [2.05, 4.69) is 0 Å². The Kier molecular flexibility index (Phi) is 2.59. The molecule has 0 bridgehead atoms. The fraction of sp³-hybridized carbons (Fsp3) is 0.500. The molecular weight excluding hydrogens is 224 g/mol. The van der Waals surface area contributed by atoms with Crippen molar-refractivity contribution in [3.63, 3.8) is 0 Å². The molecule has 88 valence electrons. The fourth-order valence-electron chi connectivity index (χ4n) is 2.34. The first-order chi connectivity index (χ1) is 7.32. The quantitative estimate of drug-likeness (QED) is 0.655. The van der Waals surface area contributed by atoms with Crippen LogP contribution >= 0.6 is 0 Å². The largest absolute Gasteiger partial charge is 0.297 e. The topological polar surface area (TPSA) is 43.4 Å². The zero-order valence-electron chi connectivity index (χ0n) is 9.73. The molecule has 0 aliphatic carbocycles. The lowest BCUT2D eigenvalue weighted by Gasteiger charge is -2.23. The van der Waals surface area contributed by atoms with Crippen LogP contribution in [-0.2, 0) is 14.3 Å². The van der Waals surface area contributed by atoms with E-state index in [0.717, 1.165) is 5.56 Å². The predicted octanol–water partition coefficient (Wildman–Crippen LogP) is 2.68. The lowest BCUT2D eigenvalue weighted by Crippen LogP contribution is -2.27. The molecule has 0 saturated heterocycles. The van der Waals surface area contributed by atoms with Gasteiger partial charge in [-0.3, -0.25) is 4.18 Å². The van der Waals surface area contributed by atoms with Crippen LogP contribution in [0.4, 0.5) is 0 Å². The summed E-state index contributed by atoms with van der Waals surface area (Å²) in [6.07, 6.45) is 0.698. The van der Waals surface area contributed by atoms with E-state index in [1.54, 1.807) is 12.1 Å². The highest BCUT2D eigenvalue weighted by molar-refractivity contribution is 7.86. The molecule has 1 atom stereocenters. The molecular formula is C12H16O3S. The van der Waals surface area contributed by atoms with Crippen molar-refractivity contribution in [2.45, 2.75) is 43.6 Å². The summed E-state index contributed by atoms with van der Waals surface area (Å²) in [5.74, 6) is 0.184. The number of hydrogen-bond donors (Lipinski definition) is 0. The van der Waals surface area contributed by atoms with Gasteiger partial charge in [-0.15, -0.1) is 0 Å². The van der Waals surface area contributed by atoms with Crippen LogP contribution in [0.2, 0.25) is 0 Å². The van der Waals surface area contributed by atoms with Gasteiger partial charge in [0, 0.05) is 0 Å². The standard InChI is InChI=1S/C12H16O3S/c1-9-8-12(2,3)15-16(13,14)11-7-5-4-6-10(9)11/h4-7,9H,8H2,1-3H3. The van der Waals surface area contributed by atoms with Gasteiger partial charge in [-0.1, -0.05) is 25.1 Å². The second-order valence-electron chi connectivity index (χ2n) is 4.94. The zero-order valence-corrected chi connectivity index (χ0v) is 10.5. The first-order valence-corrected chi connectivity index (χ1v) is 6.77. The molecule has 0 N–H and O–H groups in total. The van der Waals surface area contributed by atoms with E-state index in [9.17, 15) is 8.42 Å². The normalized spacial score (nSPS) is 26.8. The minimum Gasteiger partial charge on any atom is -0.260 e. The van der Waals surface area contributed by atoms with Crippen LogP contribution in [0.25, 0.3) is 0 Å². The minimum atomic E-state index is -3.62. The summed E-state index contributed by atoms with van der Waals surface area (Å²) in [6.45, 7) is 5.66. The summed E-state index contributed by atoms with van der Waals surface area (Å²) >= 11 is 0. The SMILES string of the molecule is CC1CC(C)(C)OS(=O)(=O)c2ccccc21. The average molecular weight is 240 g/mol. The molecule has 0 radical (unpaired) electrons. The molecule has 0 aromatic heterocycles. The Balaban J connectivity index is 2.65. The van der Waals surface area contributed by atoms with E-state index in [-0.39, 0.29) is 5.92 Å². The molecule has 1 aliphatic heterocycles. The number of benzene rings is 1. The van der Waals surface area contributed by atoms with Gasteiger partial charge in [0.25, 0.3) is 10.1 Å². The summed E-state index contributed by atoms with van der Waals surface area (Å²) in [5.41, 5.74) is 0.213. The van der Waals surface area contributed by atoms with Gasteiger partial charge in [-0.2, -0.15) is 8.42 Å². The van der Waals surface area contributed by atoms with Gasteiger partial charge in [0.15, 0.2) is 0 Å². The van der Waals surface area contributed by atoms with Gasteiger partial charge >= 0.3 is 0 Å². The van der Waals surface area contributed by atoms with Crippen LogP contribution in [0.1, 0.15) is 38.7 Å². The molecule has 1 aromatic rings. The van der Waals surface area contributed by atoms with E-state index in [0.29, 0.717) is 11.3 Å². The molecule has 2 rings (SSSR count). The second-order valence-corrected chi connectivity index (χ2v) is 6.45. The molecule has 3 nitrogen and oxygen atoms in total. The van der Waals surface area contributed by atoms with Gasteiger partial charge in [-0.05, 0) is 37.8 Å². The van der Waals surface area contributed by atoms with Crippen LogP contribution in [0.15, 0.2) is 29.2 Å². The number of hydrogen-bond acceptors (Lipinski definition) is 3. The molecule has 4 heteroatoms. The van der Waals surface area contributed by atoms with Crippen LogP contribution in [0, 0.1) is 0 Å². The Bertz CT molecular complexity index is 503. The van der Waals surface area contributed by atoms with Gasteiger partial charge < -0.3 is 0 Å². The molecule has 1 unspecified atom stereocenters. The molecule has 0 fully saturated rings. The minimum absolute atomic E-state index is 0.184. The smallest absolute Gasteiger partial charge is 0.260 e. The molecule has 0 spiro atoms. The van der Waals surface area contributed by atoms with Crippen LogP contribution in [0.5, 0.6) is 0 Å². The summed E-state index contributed by atoms with van der Waals surface area (Å²) in [7, 11) is -3.62. The Morgan fingerprint density at radius 3 is 2.62 bits per heavy atom. The summed E-state index contributed by atoms with van der Waals surface area (Å²) in [5, 5.41) is 0. The third kappa shape index (κ3) is 1.99. The van der Waals surface area contributed by atoms with E-state index < -0.39 is 15.7 Å². The molecule has 0 saturated carbocycles. The van der Waals surface area contributed by atoms with Crippen molar-refractivity contribution in [1.29, 1.82) is 0 Å². The molecule has 16 heavy (non-hydrogen) atoms. The Labute approximate surface area is 96.6 Å². The lowest BCUT2D eigenvalue weighted by atomic mass is 9.89. The van der Waals surface area contributed by atoms with Crippen molar-refractivity contribution in [2.75, 3.05) is 0 Å². The third-order valence-corrected chi connectivity index (χ3v) is 4.43. The second kappa shape index (κ2) is 3.57. The fourth-order valence-corrected chi connectivity index (χ4v) is 3.89. The molecule has 1 heterocycles. The van der Waals surface area contributed by atoms with Gasteiger partial charge in [0.1, 0.15) is 0 Å². The van der Waals surface area contributed by atoms with E-state index in [1.165, 1.54) is 0 Å². The van der Waals surface area contributed by atoms with E-state index >= 15 is 0 Å². The Hall–Kier alpha value is -0.870. The van der Waals surface area contributed by atoms with Crippen LogP contribution in [-0.4, -0.2) is 14.0 Å². The van der Waals surface area contributed by atoms with Gasteiger partial charge in [0.05, 0.1) is 10.5 Å². The molecule has 1 aromatic carbocycles. The third-order valence-electron chi connectivity index (χ3n) is 2.85. The highest BCUT2D eigenvalue weighted by atomic mass is 32.2. The molecule has 1 aliphatic rings. The Morgan fingerprint density at radius 1 is 1.31 bits per heavy atom. The summed E-state index contributed by atoms with van der Waals surface area (Å²) in [4.78, 5) is 0.313.